The quantitative estimate of drug-likeness (QED) is 0.919. The molecule has 0 spiro atoms. The lowest BCUT2D eigenvalue weighted by molar-refractivity contribution is 0.102. The van der Waals surface area contributed by atoms with Crippen molar-refractivity contribution in [1.29, 1.82) is 0 Å². The van der Waals surface area contributed by atoms with Crippen molar-refractivity contribution in [3.05, 3.63) is 58.1 Å². The number of rotatable bonds is 3. The molecule has 0 aliphatic heterocycles. The molecule has 2 rings (SSSR count). The van der Waals surface area contributed by atoms with Gasteiger partial charge in [-0.3, -0.25) is 4.79 Å². The summed E-state index contributed by atoms with van der Waals surface area (Å²) in [4.78, 5) is 12.0. The molecule has 1 amide bonds. The molecule has 2 aromatic rings. The van der Waals surface area contributed by atoms with Crippen LogP contribution in [-0.4, -0.2) is 13.0 Å². The zero-order chi connectivity index (χ0) is 13.8. The van der Waals surface area contributed by atoms with Gasteiger partial charge in [0.1, 0.15) is 5.75 Å². The van der Waals surface area contributed by atoms with Crippen LogP contribution in [0.2, 0.25) is 10.0 Å². The van der Waals surface area contributed by atoms with E-state index in [0.717, 1.165) is 0 Å². The van der Waals surface area contributed by atoms with E-state index in [4.69, 9.17) is 27.9 Å². The Hall–Kier alpha value is -1.71. The molecule has 0 aliphatic carbocycles. The monoisotopic (exact) mass is 295 g/mol. The summed E-state index contributed by atoms with van der Waals surface area (Å²) in [5.74, 6) is 0.407. The molecule has 2 aromatic carbocycles. The third-order valence-electron chi connectivity index (χ3n) is 2.55. The van der Waals surface area contributed by atoms with Crippen LogP contribution < -0.4 is 10.1 Å². The van der Waals surface area contributed by atoms with Crippen molar-refractivity contribution in [2.75, 3.05) is 12.4 Å². The minimum absolute atomic E-state index is 0.280. The van der Waals surface area contributed by atoms with Crippen LogP contribution in [0.1, 0.15) is 10.4 Å². The normalized spacial score (nSPS) is 10.1. The average Bonchev–Trinajstić information content (AvgIpc) is 2.43. The van der Waals surface area contributed by atoms with Gasteiger partial charge in [-0.25, -0.2) is 0 Å². The van der Waals surface area contributed by atoms with Crippen molar-refractivity contribution in [2.24, 2.45) is 0 Å². The Morgan fingerprint density at radius 1 is 1.05 bits per heavy atom. The van der Waals surface area contributed by atoms with Gasteiger partial charge in [0.2, 0.25) is 0 Å². The van der Waals surface area contributed by atoms with Crippen LogP contribution in [0.25, 0.3) is 0 Å². The first-order valence-corrected chi connectivity index (χ1v) is 6.27. The van der Waals surface area contributed by atoms with Crippen LogP contribution in [0.3, 0.4) is 0 Å². The number of ether oxygens (including phenoxy) is 1. The average molecular weight is 296 g/mol. The fourth-order valence-electron chi connectivity index (χ4n) is 1.55. The first-order valence-electron chi connectivity index (χ1n) is 5.51. The van der Waals surface area contributed by atoms with Crippen molar-refractivity contribution in [2.45, 2.75) is 0 Å². The highest BCUT2D eigenvalue weighted by atomic mass is 35.5. The van der Waals surface area contributed by atoms with Gasteiger partial charge in [0.25, 0.3) is 5.91 Å². The first kappa shape index (κ1) is 13.7. The second-order valence-electron chi connectivity index (χ2n) is 3.78. The molecule has 3 nitrogen and oxygen atoms in total. The number of hydrogen-bond acceptors (Lipinski definition) is 2. The van der Waals surface area contributed by atoms with E-state index in [2.05, 4.69) is 5.32 Å². The highest BCUT2D eigenvalue weighted by Crippen LogP contribution is 2.30. The van der Waals surface area contributed by atoms with Gasteiger partial charge in [0.05, 0.1) is 22.8 Å². The summed E-state index contributed by atoms with van der Waals surface area (Å²) in [7, 11) is 1.57. The number of nitrogens with one attached hydrogen (secondary N) is 1. The Morgan fingerprint density at radius 3 is 2.16 bits per heavy atom. The summed E-state index contributed by atoms with van der Waals surface area (Å²) >= 11 is 12.0. The molecule has 0 aromatic heterocycles. The van der Waals surface area contributed by atoms with E-state index in [1.165, 1.54) is 0 Å². The summed E-state index contributed by atoms with van der Waals surface area (Å²) in [5, 5.41) is 3.48. The third-order valence-corrected chi connectivity index (χ3v) is 3.18. The molecule has 0 bridgehead atoms. The van der Waals surface area contributed by atoms with Crippen LogP contribution in [0.5, 0.6) is 5.75 Å². The molecular weight excluding hydrogens is 285 g/mol. The van der Waals surface area contributed by atoms with Crippen molar-refractivity contribution in [3.8, 4) is 5.75 Å². The summed E-state index contributed by atoms with van der Waals surface area (Å²) < 4.78 is 5.03. The molecule has 19 heavy (non-hydrogen) atoms. The van der Waals surface area contributed by atoms with E-state index >= 15 is 0 Å². The lowest BCUT2D eigenvalue weighted by Gasteiger charge is -2.09. The molecule has 0 radical (unpaired) electrons. The summed E-state index contributed by atoms with van der Waals surface area (Å²) in [6, 6.07) is 11.8. The number of halogens is 2. The van der Waals surface area contributed by atoms with Gasteiger partial charge in [-0.05, 0) is 36.4 Å². The minimum Gasteiger partial charge on any atom is -0.497 e. The minimum atomic E-state index is -0.280. The lowest BCUT2D eigenvalue weighted by atomic mass is 10.2. The standard InChI is InChI=1S/C14H11Cl2NO2/c1-19-10-7-5-9(6-8-10)14(18)17-13-11(15)3-2-4-12(13)16/h2-8H,1H3,(H,17,18). The molecule has 0 atom stereocenters. The Balaban J connectivity index is 2.20. The van der Waals surface area contributed by atoms with Gasteiger partial charge < -0.3 is 10.1 Å². The number of methoxy groups -OCH3 is 1. The van der Waals surface area contributed by atoms with Crippen LogP contribution in [0.4, 0.5) is 5.69 Å². The van der Waals surface area contributed by atoms with E-state index < -0.39 is 0 Å². The third kappa shape index (κ3) is 3.19. The SMILES string of the molecule is COc1ccc(C(=O)Nc2c(Cl)cccc2Cl)cc1. The smallest absolute Gasteiger partial charge is 0.255 e. The molecule has 98 valence electrons. The Kier molecular flexibility index (Phi) is 4.30. The van der Waals surface area contributed by atoms with Crippen LogP contribution >= 0.6 is 23.2 Å². The van der Waals surface area contributed by atoms with E-state index in [1.807, 2.05) is 0 Å². The molecule has 5 heteroatoms. The number of amides is 1. The molecule has 1 N–H and O–H groups in total. The summed E-state index contributed by atoms with van der Waals surface area (Å²) in [6.07, 6.45) is 0. The number of anilines is 1. The van der Waals surface area contributed by atoms with Gasteiger partial charge in [-0.2, -0.15) is 0 Å². The zero-order valence-electron chi connectivity index (χ0n) is 10.1. The Labute approximate surface area is 121 Å². The van der Waals surface area contributed by atoms with Crippen LogP contribution in [0.15, 0.2) is 42.5 Å². The number of hydrogen-bond donors (Lipinski definition) is 1. The maximum atomic E-state index is 12.0. The highest BCUT2D eigenvalue weighted by Gasteiger charge is 2.11. The number of benzene rings is 2. The predicted molar refractivity (Wildman–Crippen MR) is 77.4 cm³/mol. The number of carbonyl (C=O) groups excluding carboxylic acids is 1. The van der Waals surface area contributed by atoms with Crippen molar-refractivity contribution < 1.29 is 9.53 Å². The number of carbonyl (C=O) groups is 1. The molecule has 0 aliphatic rings. The molecular formula is C14H11Cl2NO2. The van der Waals surface area contributed by atoms with E-state index in [-0.39, 0.29) is 5.91 Å². The topological polar surface area (TPSA) is 38.3 Å². The van der Waals surface area contributed by atoms with Crippen LogP contribution in [0, 0.1) is 0 Å². The zero-order valence-corrected chi connectivity index (χ0v) is 11.6. The number of para-hydroxylation sites is 1. The van der Waals surface area contributed by atoms with E-state index in [1.54, 1.807) is 49.6 Å². The second-order valence-corrected chi connectivity index (χ2v) is 4.59. The summed E-state index contributed by atoms with van der Waals surface area (Å²) in [6.45, 7) is 0. The largest absolute Gasteiger partial charge is 0.497 e. The van der Waals surface area contributed by atoms with Crippen molar-refractivity contribution in [1.82, 2.24) is 0 Å². The first-order chi connectivity index (χ1) is 9.11. The molecule has 0 unspecified atom stereocenters. The highest BCUT2D eigenvalue weighted by molar-refractivity contribution is 6.40. The fourth-order valence-corrected chi connectivity index (χ4v) is 2.04. The lowest BCUT2D eigenvalue weighted by Crippen LogP contribution is -2.12. The van der Waals surface area contributed by atoms with E-state index in [9.17, 15) is 4.79 Å². The van der Waals surface area contributed by atoms with Gasteiger partial charge in [0, 0.05) is 5.56 Å². The van der Waals surface area contributed by atoms with Crippen molar-refractivity contribution >= 4 is 34.8 Å². The molecule has 0 heterocycles. The van der Waals surface area contributed by atoms with E-state index in [0.29, 0.717) is 27.0 Å². The van der Waals surface area contributed by atoms with Crippen molar-refractivity contribution in [3.63, 3.8) is 0 Å². The van der Waals surface area contributed by atoms with Gasteiger partial charge in [0.15, 0.2) is 0 Å². The molecule has 0 saturated carbocycles. The summed E-state index contributed by atoms with van der Waals surface area (Å²) in [5.41, 5.74) is 0.906. The van der Waals surface area contributed by atoms with Gasteiger partial charge in [-0.1, -0.05) is 29.3 Å². The van der Waals surface area contributed by atoms with Gasteiger partial charge >= 0.3 is 0 Å². The molecule has 0 saturated heterocycles. The fraction of sp³-hybridized carbons (Fsp3) is 0.0714. The maximum Gasteiger partial charge on any atom is 0.255 e. The second kappa shape index (κ2) is 5.95. The maximum absolute atomic E-state index is 12.0. The van der Waals surface area contributed by atoms with Crippen LogP contribution in [-0.2, 0) is 0 Å². The Morgan fingerprint density at radius 2 is 1.63 bits per heavy atom. The Bertz CT molecular complexity index is 577. The molecule has 0 fully saturated rings. The predicted octanol–water partition coefficient (Wildman–Crippen LogP) is 4.25. The van der Waals surface area contributed by atoms with Gasteiger partial charge in [-0.15, -0.1) is 0 Å².